The molecular formula is C32H23FN6O8S2. The van der Waals surface area contributed by atoms with E-state index in [9.17, 15) is 39.0 Å². The molecule has 17 heteroatoms. The number of rotatable bonds is 9. The van der Waals surface area contributed by atoms with Crippen molar-refractivity contribution in [3.63, 3.8) is 0 Å². The number of non-ortho nitro benzene ring substituents is 2. The minimum atomic E-state index is -1.13. The molecule has 0 aliphatic carbocycles. The van der Waals surface area contributed by atoms with Gasteiger partial charge in [-0.1, -0.05) is 42.5 Å². The molecule has 0 bridgehead atoms. The molecule has 2 aromatic heterocycles. The molecule has 0 fully saturated rings. The fourth-order valence-electron chi connectivity index (χ4n) is 4.53. The number of fused-ring (bicyclic) bond motifs is 2. The molecule has 0 radical (unpaired) electrons. The van der Waals surface area contributed by atoms with Crippen LogP contribution in [-0.4, -0.2) is 54.7 Å². The molecular weight excluding hydrogens is 680 g/mol. The predicted molar refractivity (Wildman–Crippen MR) is 179 cm³/mol. The molecule has 0 saturated carbocycles. The molecule has 14 nitrogen and oxygen atoms in total. The Bertz CT molecular complexity index is 2200. The largest absolute Gasteiger partial charge is 0.476 e. The number of nitro groups is 2. The summed E-state index contributed by atoms with van der Waals surface area (Å²) in [6.07, 6.45) is 0. The summed E-state index contributed by atoms with van der Waals surface area (Å²) in [5.74, 6) is -2.42. The third kappa shape index (κ3) is 8.21. The van der Waals surface area contributed by atoms with Gasteiger partial charge in [0.05, 0.1) is 30.3 Å². The van der Waals surface area contributed by atoms with Gasteiger partial charge in [-0.05, 0) is 35.4 Å². The number of hydrogen-bond donors (Lipinski definition) is 2. The summed E-state index contributed by atoms with van der Waals surface area (Å²) >= 11 is 1.93. The van der Waals surface area contributed by atoms with Crippen molar-refractivity contribution in [3.05, 3.63) is 138 Å². The van der Waals surface area contributed by atoms with Crippen LogP contribution in [0.4, 0.5) is 15.8 Å². The van der Waals surface area contributed by atoms with Crippen molar-refractivity contribution in [2.24, 2.45) is 0 Å². The van der Waals surface area contributed by atoms with Gasteiger partial charge in [0.1, 0.15) is 11.9 Å². The maximum absolute atomic E-state index is 13.3. The van der Waals surface area contributed by atoms with E-state index in [4.69, 9.17) is 5.11 Å². The quantitative estimate of drug-likeness (QED) is 0.126. The maximum atomic E-state index is 13.3. The number of carboxylic acid groups (broad SMARTS) is 1. The van der Waals surface area contributed by atoms with Crippen LogP contribution in [0.3, 0.4) is 0 Å². The van der Waals surface area contributed by atoms with Gasteiger partial charge in [-0.2, -0.15) is 0 Å². The smallest absolute Gasteiger partial charge is 0.365 e. The topological polar surface area (TPSA) is 199 Å². The molecule has 0 aliphatic rings. The van der Waals surface area contributed by atoms with Crippen molar-refractivity contribution in [1.29, 1.82) is 0 Å². The summed E-state index contributed by atoms with van der Waals surface area (Å²) in [6.45, 7) is 0.225. The molecule has 4 aromatic carbocycles. The standard InChI is InChI=1S/C24H19FN4O4S.C8H4N2O4S/c1-28(14-15-7-9-17(25)10-8-15)24(31)21(16-5-3-2-4-6-16)27-22(30)23-26-19-12-11-18(29(32)33)13-20(19)34-23;11-8(12)7-9-5-2-1-4(10(13)14)3-6(5)15-7/h2-13,21H,14H2,1H3,(H,27,30);1-3H,(H,11,12)/t21-;/m0./s1. The van der Waals surface area contributed by atoms with Gasteiger partial charge in [-0.3, -0.25) is 29.8 Å². The molecule has 1 atom stereocenters. The van der Waals surface area contributed by atoms with E-state index in [1.54, 1.807) is 49.5 Å². The van der Waals surface area contributed by atoms with E-state index < -0.39 is 27.8 Å². The van der Waals surface area contributed by atoms with E-state index in [2.05, 4.69) is 15.3 Å². The first kappa shape index (κ1) is 34.1. The van der Waals surface area contributed by atoms with Crippen LogP contribution in [0.2, 0.25) is 0 Å². The van der Waals surface area contributed by atoms with Crippen molar-refractivity contribution in [2.45, 2.75) is 12.6 Å². The van der Waals surface area contributed by atoms with E-state index in [0.717, 1.165) is 28.2 Å². The number of thiazole rings is 2. The normalized spacial score (nSPS) is 11.3. The summed E-state index contributed by atoms with van der Waals surface area (Å²) in [6, 6.07) is 21.9. The highest BCUT2D eigenvalue weighted by molar-refractivity contribution is 7.20. The number of nitro benzene ring substituents is 2. The fraction of sp³-hybridized carbons (Fsp3) is 0.0938. The highest BCUT2D eigenvalue weighted by Crippen LogP contribution is 2.28. The van der Waals surface area contributed by atoms with E-state index in [1.165, 1.54) is 53.4 Å². The summed E-state index contributed by atoms with van der Waals surface area (Å²) < 4.78 is 14.2. The van der Waals surface area contributed by atoms with Gasteiger partial charge in [0, 0.05) is 37.9 Å². The second kappa shape index (κ2) is 14.7. The molecule has 2 amide bonds. The van der Waals surface area contributed by atoms with Crippen LogP contribution < -0.4 is 5.32 Å². The number of nitrogens with one attached hydrogen (secondary N) is 1. The van der Waals surface area contributed by atoms with Crippen LogP contribution in [0.15, 0.2) is 91.0 Å². The number of benzene rings is 4. The third-order valence-electron chi connectivity index (χ3n) is 6.91. The van der Waals surface area contributed by atoms with Crippen molar-refractivity contribution >= 4 is 72.3 Å². The summed E-state index contributed by atoms with van der Waals surface area (Å²) in [4.78, 5) is 66.9. The van der Waals surface area contributed by atoms with Crippen LogP contribution in [0.25, 0.3) is 20.4 Å². The number of nitrogens with zero attached hydrogens (tertiary/aromatic N) is 5. The minimum Gasteiger partial charge on any atom is -0.476 e. The van der Waals surface area contributed by atoms with E-state index in [1.807, 2.05) is 0 Å². The Hall–Kier alpha value is -6.20. The van der Waals surface area contributed by atoms with Crippen LogP contribution in [0.5, 0.6) is 0 Å². The third-order valence-corrected chi connectivity index (χ3v) is 8.93. The maximum Gasteiger partial charge on any atom is 0.365 e. The first-order chi connectivity index (χ1) is 23.4. The van der Waals surface area contributed by atoms with Gasteiger partial charge in [-0.15, -0.1) is 22.7 Å². The Morgan fingerprint density at radius 2 is 1.37 bits per heavy atom. The van der Waals surface area contributed by atoms with Crippen LogP contribution >= 0.6 is 22.7 Å². The number of aromatic carboxylic acids is 1. The van der Waals surface area contributed by atoms with E-state index in [-0.39, 0.29) is 39.7 Å². The Kier molecular flexibility index (Phi) is 10.2. The number of halogens is 1. The van der Waals surface area contributed by atoms with Gasteiger partial charge in [0.25, 0.3) is 17.3 Å². The van der Waals surface area contributed by atoms with Gasteiger partial charge < -0.3 is 15.3 Å². The zero-order valence-electron chi connectivity index (χ0n) is 25.2. The highest BCUT2D eigenvalue weighted by atomic mass is 32.1. The zero-order chi connectivity index (χ0) is 35.2. The lowest BCUT2D eigenvalue weighted by Gasteiger charge is -2.25. The Morgan fingerprint density at radius 3 is 1.90 bits per heavy atom. The summed E-state index contributed by atoms with van der Waals surface area (Å²) in [7, 11) is 1.60. The van der Waals surface area contributed by atoms with Crippen molar-refractivity contribution < 1.29 is 33.7 Å². The average Bonchev–Trinajstić information content (AvgIpc) is 3.73. The van der Waals surface area contributed by atoms with Crippen molar-refractivity contribution in [2.75, 3.05) is 7.05 Å². The van der Waals surface area contributed by atoms with Gasteiger partial charge >= 0.3 is 5.97 Å². The van der Waals surface area contributed by atoms with E-state index >= 15 is 0 Å². The van der Waals surface area contributed by atoms with Gasteiger partial charge in [-0.25, -0.2) is 19.2 Å². The minimum absolute atomic E-state index is 0.0644. The molecule has 49 heavy (non-hydrogen) atoms. The Labute approximate surface area is 283 Å². The number of likely N-dealkylation sites (N-methyl/N-ethyl adjacent to an activating group) is 1. The number of aromatic nitrogens is 2. The lowest BCUT2D eigenvalue weighted by atomic mass is 10.1. The first-order valence-corrected chi connectivity index (χ1v) is 15.7. The number of hydrogen-bond acceptors (Lipinski definition) is 11. The average molecular weight is 703 g/mol. The number of carboxylic acids is 1. The summed E-state index contributed by atoms with van der Waals surface area (Å²) in [5.41, 5.74) is 2.08. The lowest BCUT2D eigenvalue weighted by molar-refractivity contribution is -0.384. The number of carbonyl (C=O) groups is 3. The Morgan fingerprint density at radius 1 is 0.837 bits per heavy atom. The van der Waals surface area contributed by atoms with Gasteiger partial charge in [0.15, 0.2) is 5.01 Å². The first-order valence-electron chi connectivity index (χ1n) is 14.1. The Balaban J connectivity index is 0.000000259. The van der Waals surface area contributed by atoms with Gasteiger partial charge in [0.2, 0.25) is 10.9 Å². The lowest BCUT2D eigenvalue weighted by Crippen LogP contribution is -2.41. The summed E-state index contributed by atoms with van der Waals surface area (Å²) in [5, 5.41) is 32.9. The zero-order valence-corrected chi connectivity index (χ0v) is 26.8. The molecule has 6 aromatic rings. The second-order valence-corrected chi connectivity index (χ2v) is 12.4. The molecule has 6 rings (SSSR count). The van der Waals surface area contributed by atoms with Crippen LogP contribution in [0.1, 0.15) is 36.8 Å². The fourth-order valence-corrected chi connectivity index (χ4v) is 6.27. The van der Waals surface area contributed by atoms with Crippen molar-refractivity contribution in [3.8, 4) is 0 Å². The second-order valence-electron chi connectivity index (χ2n) is 10.3. The molecule has 2 N–H and O–H groups in total. The molecule has 0 saturated heterocycles. The highest BCUT2D eigenvalue weighted by Gasteiger charge is 2.27. The monoisotopic (exact) mass is 702 g/mol. The molecule has 0 spiro atoms. The number of carbonyl (C=O) groups excluding carboxylic acids is 2. The van der Waals surface area contributed by atoms with E-state index in [0.29, 0.717) is 26.0 Å². The van der Waals surface area contributed by atoms with Crippen LogP contribution in [-0.2, 0) is 11.3 Å². The SMILES string of the molecule is CN(Cc1ccc(F)cc1)C(=O)[C@@H](NC(=O)c1nc2ccc([N+](=O)[O-])cc2s1)c1ccccc1.O=C(O)c1nc2ccc([N+](=O)[O-])cc2s1. The molecule has 0 aliphatic heterocycles. The molecule has 248 valence electrons. The molecule has 2 heterocycles. The molecule has 0 unspecified atom stereocenters. The van der Waals surface area contributed by atoms with Crippen LogP contribution in [0, 0.1) is 26.0 Å². The number of amides is 2. The predicted octanol–water partition coefficient (Wildman–Crippen LogP) is 6.38. The van der Waals surface area contributed by atoms with Crippen molar-refractivity contribution in [1.82, 2.24) is 20.2 Å².